The lowest BCUT2D eigenvalue weighted by atomic mass is 10.1. The van der Waals surface area contributed by atoms with Crippen molar-refractivity contribution in [3.05, 3.63) is 54.1 Å². The quantitative estimate of drug-likeness (QED) is 0.849. The van der Waals surface area contributed by atoms with Gasteiger partial charge in [0.15, 0.2) is 0 Å². The molecule has 2 rings (SSSR count). The van der Waals surface area contributed by atoms with Crippen molar-refractivity contribution in [1.29, 1.82) is 0 Å². The highest BCUT2D eigenvalue weighted by atomic mass is 16.5. The summed E-state index contributed by atoms with van der Waals surface area (Å²) in [5, 5.41) is 6.09. The predicted molar refractivity (Wildman–Crippen MR) is 86.2 cm³/mol. The molecule has 110 valence electrons. The van der Waals surface area contributed by atoms with Crippen LogP contribution in [-0.2, 0) is 0 Å². The van der Waals surface area contributed by atoms with Gasteiger partial charge in [0.25, 0.3) is 5.91 Å². The number of hydrogen-bond donors (Lipinski definition) is 2. The van der Waals surface area contributed by atoms with E-state index >= 15 is 0 Å². The number of anilines is 2. The molecule has 0 unspecified atom stereocenters. The zero-order valence-electron chi connectivity index (χ0n) is 12.3. The average molecular weight is 284 g/mol. The first-order valence-corrected chi connectivity index (χ1v) is 7.11. The van der Waals surface area contributed by atoms with Crippen molar-refractivity contribution < 1.29 is 9.53 Å². The van der Waals surface area contributed by atoms with E-state index in [0.717, 1.165) is 23.7 Å². The molecule has 0 aliphatic heterocycles. The molecule has 2 N–H and O–H groups in total. The smallest absolute Gasteiger partial charge is 0.257 e. The Morgan fingerprint density at radius 2 is 1.90 bits per heavy atom. The molecule has 0 atom stereocenters. The second-order valence-electron chi connectivity index (χ2n) is 4.49. The van der Waals surface area contributed by atoms with Crippen LogP contribution in [0.2, 0.25) is 0 Å². The fourth-order valence-corrected chi connectivity index (χ4v) is 2.05. The molecule has 0 aromatic heterocycles. The number of nitrogens with one attached hydrogen (secondary N) is 2. The van der Waals surface area contributed by atoms with E-state index in [2.05, 4.69) is 10.6 Å². The van der Waals surface area contributed by atoms with Gasteiger partial charge in [-0.15, -0.1) is 0 Å². The highest BCUT2D eigenvalue weighted by molar-refractivity contribution is 6.08. The zero-order valence-corrected chi connectivity index (χ0v) is 12.3. The topological polar surface area (TPSA) is 50.4 Å². The fourth-order valence-electron chi connectivity index (χ4n) is 2.05. The van der Waals surface area contributed by atoms with Gasteiger partial charge in [0.2, 0.25) is 0 Å². The van der Waals surface area contributed by atoms with Gasteiger partial charge in [-0.05, 0) is 38.1 Å². The Labute approximate surface area is 125 Å². The number of ether oxygens (including phenoxy) is 1. The molecule has 0 fully saturated rings. The van der Waals surface area contributed by atoms with Crippen molar-refractivity contribution in [2.75, 3.05) is 23.8 Å². The summed E-state index contributed by atoms with van der Waals surface area (Å²) in [7, 11) is 0. The van der Waals surface area contributed by atoms with Gasteiger partial charge < -0.3 is 15.4 Å². The number of carbonyl (C=O) groups is 1. The van der Waals surface area contributed by atoms with Crippen LogP contribution in [0.1, 0.15) is 24.2 Å². The van der Waals surface area contributed by atoms with Crippen LogP contribution in [0.5, 0.6) is 5.75 Å². The Balaban J connectivity index is 2.16. The summed E-state index contributed by atoms with van der Waals surface area (Å²) in [6, 6.07) is 14.8. The first-order chi connectivity index (χ1) is 10.2. The van der Waals surface area contributed by atoms with E-state index < -0.39 is 0 Å². The van der Waals surface area contributed by atoms with E-state index in [1.165, 1.54) is 0 Å². The molecular formula is C17H20N2O2. The van der Waals surface area contributed by atoms with Crippen molar-refractivity contribution in [2.45, 2.75) is 13.8 Å². The van der Waals surface area contributed by atoms with Crippen LogP contribution < -0.4 is 15.4 Å². The van der Waals surface area contributed by atoms with Gasteiger partial charge in [-0.3, -0.25) is 4.79 Å². The predicted octanol–water partition coefficient (Wildman–Crippen LogP) is 3.77. The lowest BCUT2D eigenvalue weighted by Crippen LogP contribution is -2.14. The zero-order chi connectivity index (χ0) is 15.1. The normalized spacial score (nSPS) is 10.0. The minimum Gasteiger partial charge on any atom is -0.494 e. The van der Waals surface area contributed by atoms with E-state index in [1.807, 2.05) is 56.3 Å². The van der Waals surface area contributed by atoms with Gasteiger partial charge in [0, 0.05) is 24.0 Å². The van der Waals surface area contributed by atoms with Crippen LogP contribution in [0.25, 0.3) is 0 Å². The van der Waals surface area contributed by atoms with E-state index in [-0.39, 0.29) is 5.91 Å². The molecule has 0 spiro atoms. The van der Waals surface area contributed by atoms with E-state index in [4.69, 9.17) is 4.74 Å². The van der Waals surface area contributed by atoms with Gasteiger partial charge in [-0.1, -0.05) is 18.2 Å². The van der Waals surface area contributed by atoms with Crippen molar-refractivity contribution >= 4 is 17.3 Å². The molecule has 21 heavy (non-hydrogen) atoms. The van der Waals surface area contributed by atoms with Crippen molar-refractivity contribution in [1.82, 2.24) is 0 Å². The Morgan fingerprint density at radius 3 is 2.67 bits per heavy atom. The Kier molecular flexibility index (Phi) is 5.21. The number of benzene rings is 2. The monoisotopic (exact) mass is 284 g/mol. The first-order valence-electron chi connectivity index (χ1n) is 7.11. The minimum atomic E-state index is -0.139. The number of rotatable bonds is 6. The highest BCUT2D eigenvalue weighted by Crippen LogP contribution is 2.20. The standard InChI is InChI=1S/C17H20N2O2/c1-3-18-16-11-6-5-10-15(16)17(20)19-13-8-7-9-14(12-13)21-4-2/h5-12,18H,3-4H2,1-2H3,(H,19,20). The highest BCUT2D eigenvalue weighted by Gasteiger charge is 2.10. The summed E-state index contributed by atoms with van der Waals surface area (Å²) < 4.78 is 5.43. The van der Waals surface area contributed by atoms with Gasteiger partial charge >= 0.3 is 0 Å². The number of para-hydroxylation sites is 1. The summed E-state index contributed by atoms with van der Waals surface area (Å²) >= 11 is 0. The van der Waals surface area contributed by atoms with Crippen molar-refractivity contribution in [3.63, 3.8) is 0 Å². The number of carbonyl (C=O) groups excluding carboxylic acids is 1. The lowest BCUT2D eigenvalue weighted by Gasteiger charge is -2.11. The summed E-state index contributed by atoms with van der Waals surface area (Å²) in [6.07, 6.45) is 0. The maximum Gasteiger partial charge on any atom is 0.257 e. The van der Waals surface area contributed by atoms with Crippen LogP contribution in [0.3, 0.4) is 0 Å². The SMILES string of the molecule is CCNc1ccccc1C(=O)Nc1cccc(OCC)c1. The Morgan fingerprint density at radius 1 is 1.10 bits per heavy atom. The van der Waals surface area contributed by atoms with E-state index in [0.29, 0.717) is 12.2 Å². The van der Waals surface area contributed by atoms with Gasteiger partial charge in [-0.25, -0.2) is 0 Å². The Bertz CT molecular complexity index is 611. The van der Waals surface area contributed by atoms with Crippen LogP contribution in [0.4, 0.5) is 11.4 Å². The molecule has 0 radical (unpaired) electrons. The molecule has 2 aromatic carbocycles. The van der Waals surface area contributed by atoms with Crippen molar-refractivity contribution in [3.8, 4) is 5.75 Å². The molecule has 4 nitrogen and oxygen atoms in total. The third-order valence-electron chi connectivity index (χ3n) is 2.94. The number of hydrogen-bond acceptors (Lipinski definition) is 3. The van der Waals surface area contributed by atoms with Crippen LogP contribution in [0.15, 0.2) is 48.5 Å². The van der Waals surface area contributed by atoms with Crippen LogP contribution >= 0.6 is 0 Å². The molecule has 0 bridgehead atoms. The molecular weight excluding hydrogens is 264 g/mol. The first kappa shape index (κ1) is 14.9. The van der Waals surface area contributed by atoms with Crippen LogP contribution in [-0.4, -0.2) is 19.1 Å². The summed E-state index contributed by atoms with van der Waals surface area (Å²) in [5.41, 5.74) is 2.18. The maximum absolute atomic E-state index is 12.4. The van der Waals surface area contributed by atoms with Crippen molar-refractivity contribution in [2.24, 2.45) is 0 Å². The second kappa shape index (κ2) is 7.33. The summed E-state index contributed by atoms with van der Waals surface area (Å²) in [6.45, 7) is 5.29. The molecule has 0 aliphatic rings. The summed E-state index contributed by atoms with van der Waals surface area (Å²) in [5.74, 6) is 0.607. The molecule has 0 saturated carbocycles. The van der Waals surface area contributed by atoms with Gasteiger partial charge in [0.1, 0.15) is 5.75 Å². The Hall–Kier alpha value is -2.49. The molecule has 0 saturated heterocycles. The third kappa shape index (κ3) is 3.99. The molecule has 2 aromatic rings. The lowest BCUT2D eigenvalue weighted by molar-refractivity contribution is 0.102. The van der Waals surface area contributed by atoms with Gasteiger partial charge in [0.05, 0.1) is 12.2 Å². The van der Waals surface area contributed by atoms with Crippen LogP contribution in [0, 0.1) is 0 Å². The third-order valence-corrected chi connectivity index (χ3v) is 2.94. The summed E-state index contributed by atoms with van der Waals surface area (Å²) in [4.78, 5) is 12.4. The molecule has 1 amide bonds. The maximum atomic E-state index is 12.4. The molecule has 0 heterocycles. The van der Waals surface area contributed by atoms with Gasteiger partial charge in [-0.2, -0.15) is 0 Å². The molecule has 0 aliphatic carbocycles. The second-order valence-corrected chi connectivity index (χ2v) is 4.49. The van der Waals surface area contributed by atoms with E-state index in [1.54, 1.807) is 6.07 Å². The largest absolute Gasteiger partial charge is 0.494 e. The number of amides is 1. The van der Waals surface area contributed by atoms with E-state index in [9.17, 15) is 4.79 Å². The minimum absolute atomic E-state index is 0.139. The molecule has 4 heteroatoms. The average Bonchev–Trinajstić information content (AvgIpc) is 2.49. The fraction of sp³-hybridized carbons (Fsp3) is 0.235.